The largest absolute Gasteiger partial charge is 0.423 e. The van der Waals surface area contributed by atoms with Gasteiger partial charge in [-0.25, -0.2) is 0 Å². The molecule has 8 heteroatoms. The van der Waals surface area contributed by atoms with Crippen molar-refractivity contribution in [2.45, 2.75) is 44.2 Å². The Morgan fingerprint density at radius 2 is 2.03 bits per heavy atom. The fourth-order valence-electron chi connectivity index (χ4n) is 4.36. The number of nitriles is 1. The number of hydrogen-bond donors (Lipinski definition) is 1. The lowest BCUT2D eigenvalue weighted by Gasteiger charge is -2.33. The molecule has 0 aliphatic carbocycles. The van der Waals surface area contributed by atoms with E-state index >= 15 is 0 Å². The van der Waals surface area contributed by atoms with Gasteiger partial charge in [-0.3, -0.25) is 9.69 Å². The number of carbonyl (C=O) groups excluding carboxylic acids is 1. The molecule has 8 nitrogen and oxygen atoms in total. The van der Waals surface area contributed by atoms with Crippen LogP contribution < -0.4 is 10.6 Å². The molecule has 2 fully saturated rings. The molecule has 2 aliphatic heterocycles. The Hall–Kier alpha value is -2.63. The lowest BCUT2D eigenvalue weighted by Crippen LogP contribution is -2.47. The van der Waals surface area contributed by atoms with Gasteiger partial charge in [-0.2, -0.15) is 10.2 Å². The number of rotatable bonds is 7. The van der Waals surface area contributed by atoms with Crippen LogP contribution in [0.3, 0.4) is 0 Å². The van der Waals surface area contributed by atoms with E-state index in [9.17, 15) is 4.79 Å². The first-order valence-corrected chi connectivity index (χ1v) is 10.9. The van der Waals surface area contributed by atoms with Crippen LogP contribution in [-0.2, 0) is 4.79 Å². The number of likely N-dealkylation sites (tertiary alicyclic amines) is 1. The Kier molecular flexibility index (Phi) is 6.50. The Morgan fingerprint density at radius 3 is 2.80 bits per heavy atom. The summed E-state index contributed by atoms with van der Waals surface area (Å²) in [6, 6.07) is 9.98. The van der Waals surface area contributed by atoms with Crippen molar-refractivity contribution in [2.75, 3.05) is 44.2 Å². The molecule has 4 rings (SSSR count). The molecule has 0 bridgehead atoms. The zero-order valence-corrected chi connectivity index (χ0v) is 17.4. The van der Waals surface area contributed by atoms with Crippen LogP contribution in [0.4, 0.5) is 6.01 Å². The molecule has 2 atom stereocenters. The zero-order valence-electron chi connectivity index (χ0n) is 17.4. The first-order valence-electron chi connectivity index (χ1n) is 10.9. The van der Waals surface area contributed by atoms with E-state index in [-0.39, 0.29) is 11.9 Å². The molecule has 1 amide bonds. The zero-order chi connectivity index (χ0) is 20.9. The number of anilines is 1. The molecule has 1 aromatic heterocycles. The predicted octanol–water partition coefficient (Wildman–Crippen LogP) is 1.96. The van der Waals surface area contributed by atoms with Gasteiger partial charge in [0.15, 0.2) is 5.58 Å². The van der Waals surface area contributed by atoms with Gasteiger partial charge in [0.25, 0.3) is 6.01 Å². The highest BCUT2D eigenvalue weighted by molar-refractivity contribution is 5.82. The highest BCUT2D eigenvalue weighted by atomic mass is 16.4. The Bertz CT molecular complexity index is 865. The van der Waals surface area contributed by atoms with E-state index < -0.39 is 6.04 Å². The maximum atomic E-state index is 12.5. The number of carbonyl (C=O) groups is 1. The van der Waals surface area contributed by atoms with Crippen molar-refractivity contribution in [1.29, 1.82) is 5.26 Å². The first kappa shape index (κ1) is 20.6. The van der Waals surface area contributed by atoms with Gasteiger partial charge in [-0.05, 0) is 44.4 Å². The van der Waals surface area contributed by atoms with E-state index in [2.05, 4.69) is 20.9 Å². The van der Waals surface area contributed by atoms with E-state index in [1.165, 1.54) is 0 Å². The smallest absolute Gasteiger partial charge is 0.298 e. The molecule has 2 aromatic rings. The molecule has 0 unspecified atom stereocenters. The van der Waals surface area contributed by atoms with Crippen molar-refractivity contribution in [1.82, 2.24) is 14.8 Å². The van der Waals surface area contributed by atoms with Crippen molar-refractivity contribution >= 4 is 23.0 Å². The minimum absolute atomic E-state index is 0.0639. The number of unbranched alkanes of at least 4 members (excludes halogenated alkanes) is 1. The number of nitrogens with two attached hydrogens (primary N) is 1. The molecule has 0 spiro atoms. The third-order valence-corrected chi connectivity index (χ3v) is 6.17. The fraction of sp³-hybridized carbons (Fsp3) is 0.591. The maximum absolute atomic E-state index is 12.5. The fourth-order valence-corrected chi connectivity index (χ4v) is 4.36. The number of amides is 1. The number of oxazole rings is 1. The van der Waals surface area contributed by atoms with Crippen molar-refractivity contribution in [3.05, 3.63) is 24.3 Å². The highest BCUT2D eigenvalue weighted by Crippen LogP contribution is 2.23. The molecule has 2 aliphatic rings. The van der Waals surface area contributed by atoms with Gasteiger partial charge in [0.05, 0.1) is 12.1 Å². The number of benzene rings is 1. The van der Waals surface area contributed by atoms with Crippen LogP contribution in [0.2, 0.25) is 0 Å². The third kappa shape index (κ3) is 4.58. The van der Waals surface area contributed by atoms with E-state index in [0.717, 1.165) is 69.5 Å². The molecule has 3 heterocycles. The summed E-state index contributed by atoms with van der Waals surface area (Å²) in [7, 11) is 0. The SMILES string of the molecule is N#C[C@@H]1CCCN1C(=O)[C@@H](N)CCCCN1CCN(c2nc3ccccc3o2)CC1. The van der Waals surface area contributed by atoms with Crippen LogP contribution in [-0.4, -0.2) is 72.0 Å². The summed E-state index contributed by atoms with van der Waals surface area (Å²) in [5.41, 5.74) is 7.84. The van der Waals surface area contributed by atoms with Crippen LogP contribution in [0.5, 0.6) is 0 Å². The Labute approximate surface area is 177 Å². The number of hydrogen-bond acceptors (Lipinski definition) is 7. The van der Waals surface area contributed by atoms with Gasteiger partial charge in [-0.1, -0.05) is 18.6 Å². The van der Waals surface area contributed by atoms with Crippen molar-refractivity contribution in [2.24, 2.45) is 5.73 Å². The maximum Gasteiger partial charge on any atom is 0.298 e. The van der Waals surface area contributed by atoms with E-state index in [1.54, 1.807) is 4.90 Å². The van der Waals surface area contributed by atoms with Gasteiger partial charge >= 0.3 is 0 Å². The summed E-state index contributed by atoms with van der Waals surface area (Å²) in [6.07, 6.45) is 4.28. The predicted molar refractivity (Wildman–Crippen MR) is 115 cm³/mol. The summed E-state index contributed by atoms with van der Waals surface area (Å²) in [5.74, 6) is -0.0639. The quantitative estimate of drug-likeness (QED) is 0.696. The van der Waals surface area contributed by atoms with Crippen molar-refractivity contribution in [3.63, 3.8) is 0 Å². The standard InChI is InChI=1S/C22H30N6O2/c23-16-17-6-5-11-28(17)21(29)18(24)7-3-4-10-26-12-14-27(15-13-26)22-25-19-8-1-2-9-20(19)30-22/h1-2,8-9,17-18H,3-7,10-15,24H2/t17-,18-/m0/s1. The van der Waals surface area contributed by atoms with Crippen molar-refractivity contribution < 1.29 is 9.21 Å². The minimum atomic E-state index is -0.491. The lowest BCUT2D eigenvalue weighted by atomic mass is 10.1. The molecule has 2 N–H and O–H groups in total. The van der Waals surface area contributed by atoms with E-state index in [1.807, 2.05) is 24.3 Å². The first-order chi connectivity index (χ1) is 14.7. The molecule has 1 aromatic carbocycles. The summed E-state index contributed by atoms with van der Waals surface area (Å²) in [4.78, 5) is 23.4. The van der Waals surface area contributed by atoms with Crippen LogP contribution in [0.25, 0.3) is 11.1 Å². The number of fused-ring (bicyclic) bond motifs is 1. The molecule has 30 heavy (non-hydrogen) atoms. The van der Waals surface area contributed by atoms with Gasteiger partial charge in [0.1, 0.15) is 11.6 Å². The highest BCUT2D eigenvalue weighted by Gasteiger charge is 2.31. The lowest BCUT2D eigenvalue weighted by molar-refractivity contribution is -0.132. The topological polar surface area (TPSA) is 103 Å². The van der Waals surface area contributed by atoms with Gasteiger partial charge in [0.2, 0.25) is 5.91 Å². The molecular formula is C22H30N6O2. The monoisotopic (exact) mass is 410 g/mol. The van der Waals surface area contributed by atoms with Crippen molar-refractivity contribution in [3.8, 4) is 6.07 Å². The summed E-state index contributed by atoms with van der Waals surface area (Å²) in [6.45, 7) is 5.41. The number of nitrogens with zero attached hydrogens (tertiary/aromatic N) is 5. The second-order valence-corrected chi connectivity index (χ2v) is 8.21. The van der Waals surface area contributed by atoms with Crippen LogP contribution >= 0.6 is 0 Å². The Morgan fingerprint density at radius 1 is 1.23 bits per heavy atom. The average Bonchev–Trinajstić information content (AvgIpc) is 3.43. The molecular weight excluding hydrogens is 380 g/mol. The van der Waals surface area contributed by atoms with E-state index in [0.29, 0.717) is 19.0 Å². The number of aromatic nitrogens is 1. The van der Waals surface area contributed by atoms with Gasteiger partial charge in [-0.15, -0.1) is 0 Å². The van der Waals surface area contributed by atoms with Crippen LogP contribution in [0.1, 0.15) is 32.1 Å². The van der Waals surface area contributed by atoms with Gasteiger partial charge < -0.3 is 20.0 Å². The third-order valence-electron chi connectivity index (χ3n) is 6.17. The molecule has 160 valence electrons. The van der Waals surface area contributed by atoms with Gasteiger partial charge in [0, 0.05) is 32.7 Å². The molecule has 2 saturated heterocycles. The van der Waals surface area contributed by atoms with Crippen LogP contribution in [0.15, 0.2) is 28.7 Å². The normalized spacial score (nSPS) is 21.1. The number of piperazine rings is 1. The second kappa shape index (κ2) is 9.45. The summed E-state index contributed by atoms with van der Waals surface area (Å²) >= 11 is 0. The summed E-state index contributed by atoms with van der Waals surface area (Å²) in [5, 5.41) is 9.15. The minimum Gasteiger partial charge on any atom is -0.423 e. The Balaban J connectivity index is 1.15. The summed E-state index contributed by atoms with van der Waals surface area (Å²) < 4.78 is 5.87. The van der Waals surface area contributed by atoms with Crippen LogP contribution in [0, 0.1) is 11.3 Å². The molecule has 0 saturated carbocycles. The van der Waals surface area contributed by atoms with E-state index in [4.69, 9.17) is 15.4 Å². The average molecular weight is 411 g/mol. The number of para-hydroxylation sites is 2. The molecule has 0 radical (unpaired) electrons. The second-order valence-electron chi connectivity index (χ2n) is 8.21.